The van der Waals surface area contributed by atoms with Gasteiger partial charge in [-0.15, -0.1) is 0 Å². The Morgan fingerprint density at radius 1 is 1.26 bits per heavy atom. The van der Waals surface area contributed by atoms with Crippen LogP contribution in [0.5, 0.6) is 0 Å². The number of hydrogen-bond donors (Lipinski definition) is 2. The van der Waals surface area contributed by atoms with Gasteiger partial charge in [0, 0.05) is 23.8 Å². The average molecular weight is 254 g/mol. The van der Waals surface area contributed by atoms with Crippen LogP contribution in [0, 0.1) is 17.8 Å². The van der Waals surface area contributed by atoms with Crippen molar-refractivity contribution in [2.75, 3.05) is 17.2 Å². The lowest BCUT2D eigenvalue weighted by Crippen LogP contribution is -2.25. The fourth-order valence-electron chi connectivity index (χ4n) is 3.70. The monoisotopic (exact) mass is 254 g/mol. The van der Waals surface area contributed by atoms with E-state index < -0.39 is 0 Å². The zero-order valence-electron chi connectivity index (χ0n) is 10.9. The molecule has 1 aromatic carbocycles. The van der Waals surface area contributed by atoms with Gasteiger partial charge in [-0.25, -0.2) is 0 Å². The quantitative estimate of drug-likeness (QED) is 0.797. The molecular weight excluding hydrogens is 236 g/mol. The van der Waals surface area contributed by atoms with Gasteiger partial charge in [0.25, 0.3) is 0 Å². The molecule has 1 heterocycles. The third kappa shape index (κ3) is 1.84. The molecule has 3 aliphatic rings. The lowest BCUT2D eigenvalue weighted by atomic mass is 9.93. The van der Waals surface area contributed by atoms with Crippen molar-refractivity contribution in [1.29, 1.82) is 0 Å². The summed E-state index contributed by atoms with van der Waals surface area (Å²) in [6, 6.07) is 6.17. The summed E-state index contributed by atoms with van der Waals surface area (Å²) < 4.78 is 0. The first kappa shape index (κ1) is 11.1. The molecule has 3 heteroatoms. The van der Waals surface area contributed by atoms with E-state index in [0.29, 0.717) is 11.8 Å². The first-order valence-corrected chi connectivity index (χ1v) is 7.15. The molecule has 1 aromatic rings. The number of anilines is 2. The molecule has 3 nitrogen and oxygen atoms in total. The van der Waals surface area contributed by atoms with Gasteiger partial charge in [0.2, 0.25) is 5.91 Å². The zero-order chi connectivity index (χ0) is 12.8. The van der Waals surface area contributed by atoms with Gasteiger partial charge in [-0.05, 0) is 54.9 Å². The molecular formula is C16H18N2O. The maximum atomic E-state index is 12.3. The van der Waals surface area contributed by atoms with E-state index in [1.54, 1.807) is 0 Å². The fraction of sp³-hybridized carbons (Fsp3) is 0.438. The predicted molar refractivity (Wildman–Crippen MR) is 76.1 cm³/mol. The Bertz CT molecular complexity index is 564. The molecule has 0 radical (unpaired) electrons. The highest BCUT2D eigenvalue weighted by molar-refractivity contribution is 5.93. The number of amides is 1. The smallest absolute Gasteiger partial charge is 0.228 e. The maximum absolute atomic E-state index is 12.3. The summed E-state index contributed by atoms with van der Waals surface area (Å²) in [5, 5.41) is 6.43. The molecule has 0 aromatic heterocycles. The standard InChI is InChI=1S/C16H18N2O/c19-16(14-8-10-1-2-11(14)7-10)18-13-3-4-15-12(9-13)5-6-17-15/h1-4,9-11,14,17H,5-8H2,(H,18,19). The second kappa shape index (κ2) is 4.12. The summed E-state index contributed by atoms with van der Waals surface area (Å²) in [6.45, 7) is 1.00. The van der Waals surface area contributed by atoms with E-state index in [2.05, 4.69) is 34.9 Å². The Hall–Kier alpha value is -1.77. The minimum absolute atomic E-state index is 0.182. The molecule has 98 valence electrons. The summed E-state index contributed by atoms with van der Waals surface area (Å²) in [5.41, 5.74) is 3.46. The van der Waals surface area contributed by atoms with E-state index >= 15 is 0 Å². The fourth-order valence-corrected chi connectivity index (χ4v) is 3.70. The van der Waals surface area contributed by atoms with Crippen LogP contribution >= 0.6 is 0 Å². The van der Waals surface area contributed by atoms with E-state index in [1.807, 2.05) is 6.07 Å². The summed E-state index contributed by atoms with van der Waals surface area (Å²) >= 11 is 0. The van der Waals surface area contributed by atoms with Crippen molar-refractivity contribution in [2.24, 2.45) is 17.8 Å². The molecule has 4 rings (SSSR count). The highest BCUT2D eigenvalue weighted by atomic mass is 16.1. The number of hydrogen-bond acceptors (Lipinski definition) is 2. The van der Waals surface area contributed by atoms with Gasteiger partial charge >= 0.3 is 0 Å². The van der Waals surface area contributed by atoms with Crippen molar-refractivity contribution in [2.45, 2.75) is 19.3 Å². The van der Waals surface area contributed by atoms with Gasteiger partial charge in [-0.1, -0.05) is 12.2 Å². The molecule has 2 N–H and O–H groups in total. The number of nitrogens with one attached hydrogen (secondary N) is 2. The van der Waals surface area contributed by atoms with E-state index in [0.717, 1.165) is 25.1 Å². The van der Waals surface area contributed by atoms with Crippen LogP contribution in [0.25, 0.3) is 0 Å². The van der Waals surface area contributed by atoms with Crippen molar-refractivity contribution >= 4 is 17.3 Å². The van der Waals surface area contributed by atoms with E-state index in [9.17, 15) is 4.79 Å². The van der Waals surface area contributed by atoms with Crippen molar-refractivity contribution in [3.8, 4) is 0 Å². The Morgan fingerprint density at radius 3 is 3.00 bits per heavy atom. The second-order valence-electron chi connectivity index (χ2n) is 5.92. The molecule has 2 bridgehead atoms. The molecule has 0 spiro atoms. The summed E-state index contributed by atoms with van der Waals surface area (Å²) in [5.74, 6) is 1.50. The number of allylic oxidation sites excluding steroid dienone is 2. The van der Waals surface area contributed by atoms with Crippen LogP contribution in [-0.2, 0) is 11.2 Å². The van der Waals surface area contributed by atoms with E-state index in [-0.39, 0.29) is 11.8 Å². The molecule has 2 aliphatic carbocycles. The van der Waals surface area contributed by atoms with Crippen LogP contribution < -0.4 is 10.6 Å². The van der Waals surface area contributed by atoms with Crippen LogP contribution in [0.15, 0.2) is 30.4 Å². The van der Waals surface area contributed by atoms with E-state index in [1.165, 1.54) is 17.7 Å². The summed E-state index contributed by atoms with van der Waals surface area (Å²) in [4.78, 5) is 12.3. The molecule has 1 fully saturated rings. The maximum Gasteiger partial charge on any atom is 0.228 e. The Kier molecular flexibility index (Phi) is 2.40. The summed E-state index contributed by atoms with van der Waals surface area (Å²) in [7, 11) is 0. The van der Waals surface area contributed by atoms with Crippen molar-refractivity contribution in [3.05, 3.63) is 35.9 Å². The lowest BCUT2D eigenvalue weighted by Gasteiger charge is -2.17. The number of carbonyl (C=O) groups is 1. The lowest BCUT2D eigenvalue weighted by molar-refractivity contribution is -0.120. The largest absolute Gasteiger partial charge is 0.384 e. The van der Waals surface area contributed by atoms with Crippen LogP contribution in [0.3, 0.4) is 0 Å². The van der Waals surface area contributed by atoms with Gasteiger partial charge < -0.3 is 10.6 Å². The minimum Gasteiger partial charge on any atom is -0.384 e. The van der Waals surface area contributed by atoms with Crippen LogP contribution in [0.1, 0.15) is 18.4 Å². The molecule has 1 aliphatic heterocycles. The van der Waals surface area contributed by atoms with Crippen LogP contribution in [-0.4, -0.2) is 12.5 Å². The van der Waals surface area contributed by atoms with Gasteiger partial charge in [0.15, 0.2) is 0 Å². The first-order valence-electron chi connectivity index (χ1n) is 7.15. The summed E-state index contributed by atoms with van der Waals surface area (Å²) in [6.07, 6.45) is 7.75. The minimum atomic E-state index is 0.182. The Balaban J connectivity index is 1.49. The number of carbonyl (C=O) groups excluding carboxylic acids is 1. The van der Waals surface area contributed by atoms with Crippen LogP contribution in [0.4, 0.5) is 11.4 Å². The molecule has 1 amide bonds. The topological polar surface area (TPSA) is 41.1 Å². The third-order valence-electron chi connectivity index (χ3n) is 4.70. The predicted octanol–water partition coefficient (Wildman–Crippen LogP) is 2.81. The third-order valence-corrected chi connectivity index (χ3v) is 4.70. The Morgan fingerprint density at radius 2 is 2.21 bits per heavy atom. The zero-order valence-corrected chi connectivity index (χ0v) is 10.9. The highest BCUT2D eigenvalue weighted by Gasteiger charge is 2.39. The number of fused-ring (bicyclic) bond motifs is 3. The van der Waals surface area contributed by atoms with Gasteiger partial charge in [-0.2, -0.15) is 0 Å². The van der Waals surface area contributed by atoms with E-state index in [4.69, 9.17) is 0 Å². The van der Waals surface area contributed by atoms with Gasteiger partial charge in [0.1, 0.15) is 0 Å². The molecule has 1 saturated carbocycles. The number of benzene rings is 1. The normalized spacial score (nSPS) is 30.2. The average Bonchev–Trinajstić information content (AvgIpc) is 3.13. The molecule has 3 unspecified atom stereocenters. The highest BCUT2D eigenvalue weighted by Crippen LogP contribution is 2.43. The van der Waals surface area contributed by atoms with Gasteiger partial charge in [0.05, 0.1) is 0 Å². The second-order valence-corrected chi connectivity index (χ2v) is 5.92. The van der Waals surface area contributed by atoms with Crippen molar-refractivity contribution in [3.63, 3.8) is 0 Å². The number of rotatable bonds is 2. The van der Waals surface area contributed by atoms with Crippen molar-refractivity contribution < 1.29 is 4.79 Å². The first-order chi connectivity index (χ1) is 9.29. The van der Waals surface area contributed by atoms with Crippen LogP contribution in [0.2, 0.25) is 0 Å². The molecule has 3 atom stereocenters. The van der Waals surface area contributed by atoms with Gasteiger partial charge in [-0.3, -0.25) is 4.79 Å². The molecule has 19 heavy (non-hydrogen) atoms. The SMILES string of the molecule is O=C(Nc1ccc2c(c1)CCN2)C1CC2C=CC1C2. The van der Waals surface area contributed by atoms with Crippen molar-refractivity contribution in [1.82, 2.24) is 0 Å². The molecule has 0 saturated heterocycles. The Labute approximate surface area is 113 Å².